The van der Waals surface area contributed by atoms with Gasteiger partial charge in [-0.15, -0.1) is 0 Å². The molecule has 1 heterocycles. The Kier molecular flexibility index (Phi) is 4.23. The fourth-order valence-corrected chi connectivity index (χ4v) is 2.08. The number of hydrogen-bond donors (Lipinski definition) is 0. The summed E-state index contributed by atoms with van der Waals surface area (Å²) in [4.78, 5) is 15.9. The van der Waals surface area contributed by atoms with Gasteiger partial charge in [0.2, 0.25) is 0 Å². The van der Waals surface area contributed by atoms with Crippen LogP contribution in [0.3, 0.4) is 0 Å². The minimum atomic E-state index is -0.0801. The van der Waals surface area contributed by atoms with Crippen molar-refractivity contribution in [2.45, 2.75) is 6.42 Å². The lowest BCUT2D eigenvalue weighted by atomic mass is 10.0. The molecule has 0 aliphatic heterocycles. The molecule has 0 amide bonds. The van der Waals surface area contributed by atoms with Gasteiger partial charge in [0.15, 0.2) is 5.78 Å². The van der Waals surface area contributed by atoms with Gasteiger partial charge in [-0.25, -0.2) is 4.98 Å². The van der Waals surface area contributed by atoms with Crippen molar-refractivity contribution in [1.29, 1.82) is 0 Å². The lowest BCUT2D eigenvalue weighted by Gasteiger charge is -2.04. The normalized spacial score (nSPS) is 10.4. The van der Waals surface area contributed by atoms with Crippen LogP contribution in [0.5, 0.6) is 0 Å². The summed E-state index contributed by atoms with van der Waals surface area (Å²) < 4.78 is 0. The summed E-state index contributed by atoms with van der Waals surface area (Å²) in [7, 11) is 0. The van der Waals surface area contributed by atoms with Crippen molar-refractivity contribution in [2.75, 3.05) is 0 Å². The van der Waals surface area contributed by atoms with Crippen molar-refractivity contribution >= 4 is 40.6 Å². The lowest BCUT2D eigenvalue weighted by Crippen LogP contribution is -2.04. The molecular weight excluding hydrogens is 293 g/mol. The second-order valence-corrected chi connectivity index (χ2v) is 4.93. The standard InChI is InChI=1S/C13H8Cl3NO/c14-10-1-2-11(15)9(5-10)6-12(18)8-3-4-17-13(16)7-8/h1-5,7H,6H2. The third-order valence-corrected chi connectivity index (χ3v) is 3.22. The molecule has 0 aliphatic carbocycles. The molecule has 0 bridgehead atoms. The Hall–Kier alpha value is -1.09. The first-order valence-corrected chi connectivity index (χ1v) is 6.28. The number of carbonyl (C=O) groups is 1. The first-order chi connectivity index (χ1) is 8.56. The van der Waals surface area contributed by atoms with Crippen molar-refractivity contribution < 1.29 is 4.79 Å². The number of benzene rings is 1. The number of nitrogens with zero attached hydrogens (tertiary/aromatic N) is 1. The van der Waals surface area contributed by atoms with Crippen LogP contribution in [0.1, 0.15) is 15.9 Å². The summed E-state index contributed by atoms with van der Waals surface area (Å²) in [6.45, 7) is 0. The van der Waals surface area contributed by atoms with E-state index in [0.717, 1.165) is 0 Å². The van der Waals surface area contributed by atoms with Gasteiger partial charge in [0.05, 0.1) is 0 Å². The first kappa shape index (κ1) is 13.3. The Bertz CT molecular complexity index is 599. The van der Waals surface area contributed by atoms with Crippen LogP contribution in [-0.2, 0) is 6.42 Å². The number of Topliss-reactive ketones (excluding diaryl/α,β-unsaturated/α-hetero) is 1. The predicted molar refractivity (Wildman–Crippen MR) is 73.7 cm³/mol. The molecule has 0 atom stereocenters. The summed E-state index contributed by atoms with van der Waals surface area (Å²) in [5, 5.41) is 1.36. The van der Waals surface area contributed by atoms with Crippen LogP contribution in [0.25, 0.3) is 0 Å². The second kappa shape index (κ2) is 5.70. The van der Waals surface area contributed by atoms with Gasteiger partial charge < -0.3 is 0 Å². The summed E-state index contributed by atoms with van der Waals surface area (Å²) in [6.07, 6.45) is 1.68. The molecule has 2 nitrogen and oxygen atoms in total. The van der Waals surface area contributed by atoms with Crippen LogP contribution in [-0.4, -0.2) is 10.8 Å². The number of ketones is 1. The number of rotatable bonds is 3. The van der Waals surface area contributed by atoms with Crippen molar-refractivity contribution in [3.8, 4) is 0 Å². The Balaban J connectivity index is 2.24. The predicted octanol–water partition coefficient (Wildman–Crippen LogP) is 4.47. The second-order valence-electron chi connectivity index (χ2n) is 3.70. The van der Waals surface area contributed by atoms with Crippen molar-refractivity contribution in [3.05, 3.63) is 62.9 Å². The molecule has 2 aromatic rings. The van der Waals surface area contributed by atoms with E-state index in [0.29, 0.717) is 21.2 Å². The fourth-order valence-electron chi connectivity index (χ4n) is 1.53. The molecule has 0 radical (unpaired) electrons. The van der Waals surface area contributed by atoms with Gasteiger partial charge in [-0.05, 0) is 35.9 Å². The molecule has 2 rings (SSSR count). The van der Waals surface area contributed by atoms with E-state index in [-0.39, 0.29) is 17.4 Å². The number of hydrogen-bond acceptors (Lipinski definition) is 2. The molecule has 18 heavy (non-hydrogen) atoms. The zero-order chi connectivity index (χ0) is 13.1. The van der Waals surface area contributed by atoms with Crippen LogP contribution in [0.15, 0.2) is 36.5 Å². The Labute approximate surface area is 120 Å². The monoisotopic (exact) mass is 299 g/mol. The SMILES string of the molecule is O=C(Cc1cc(Cl)ccc1Cl)c1ccnc(Cl)c1. The average Bonchev–Trinajstić information content (AvgIpc) is 2.34. The molecule has 0 N–H and O–H groups in total. The number of carbonyl (C=O) groups excluding carboxylic acids is 1. The van der Waals surface area contributed by atoms with Gasteiger partial charge in [0.1, 0.15) is 5.15 Å². The van der Waals surface area contributed by atoms with E-state index in [1.165, 1.54) is 12.3 Å². The molecule has 0 unspecified atom stereocenters. The van der Waals surface area contributed by atoms with E-state index in [1.807, 2.05) is 0 Å². The van der Waals surface area contributed by atoms with Crippen molar-refractivity contribution in [2.24, 2.45) is 0 Å². The molecule has 1 aromatic carbocycles. The number of aromatic nitrogens is 1. The zero-order valence-corrected chi connectivity index (χ0v) is 11.4. The molecular formula is C13H8Cl3NO. The van der Waals surface area contributed by atoms with Gasteiger partial charge in [0, 0.05) is 28.2 Å². The quantitative estimate of drug-likeness (QED) is 0.618. The van der Waals surface area contributed by atoms with Gasteiger partial charge in [-0.1, -0.05) is 34.8 Å². The van der Waals surface area contributed by atoms with Gasteiger partial charge in [-0.3, -0.25) is 4.79 Å². The summed E-state index contributed by atoms with van der Waals surface area (Å²) in [5.74, 6) is -0.0801. The highest BCUT2D eigenvalue weighted by Gasteiger charge is 2.10. The molecule has 0 saturated heterocycles. The van der Waals surface area contributed by atoms with E-state index < -0.39 is 0 Å². The molecule has 5 heteroatoms. The van der Waals surface area contributed by atoms with Crippen LogP contribution < -0.4 is 0 Å². The highest BCUT2D eigenvalue weighted by Crippen LogP contribution is 2.22. The maximum atomic E-state index is 12.0. The molecule has 92 valence electrons. The minimum absolute atomic E-state index is 0.0801. The van der Waals surface area contributed by atoms with Crippen LogP contribution in [0.2, 0.25) is 15.2 Å². The third kappa shape index (κ3) is 3.22. The maximum Gasteiger partial charge on any atom is 0.167 e. The van der Waals surface area contributed by atoms with E-state index >= 15 is 0 Å². The highest BCUT2D eigenvalue weighted by atomic mass is 35.5. The molecule has 0 saturated carbocycles. The third-order valence-electron chi connectivity index (χ3n) is 2.41. The van der Waals surface area contributed by atoms with Gasteiger partial charge in [-0.2, -0.15) is 0 Å². The maximum absolute atomic E-state index is 12.0. The average molecular weight is 301 g/mol. The Morgan fingerprint density at radius 2 is 1.89 bits per heavy atom. The van der Waals surface area contributed by atoms with Gasteiger partial charge >= 0.3 is 0 Å². The van der Waals surface area contributed by atoms with E-state index in [2.05, 4.69) is 4.98 Å². The van der Waals surface area contributed by atoms with Crippen LogP contribution in [0.4, 0.5) is 0 Å². The Morgan fingerprint density at radius 1 is 1.11 bits per heavy atom. The van der Waals surface area contributed by atoms with Gasteiger partial charge in [0.25, 0.3) is 0 Å². The lowest BCUT2D eigenvalue weighted by molar-refractivity contribution is 0.0993. The molecule has 1 aromatic heterocycles. The Morgan fingerprint density at radius 3 is 2.61 bits per heavy atom. The summed E-state index contributed by atoms with van der Waals surface area (Å²) >= 11 is 17.6. The topological polar surface area (TPSA) is 30.0 Å². The molecule has 0 spiro atoms. The smallest absolute Gasteiger partial charge is 0.167 e. The zero-order valence-electron chi connectivity index (χ0n) is 9.16. The largest absolute Gasteiger partial charge is 0.294 e. The van der Waals surface area contributed by atoms with Crippen molar-refractivity contribution in [1.82, 2.24) is 4.98 Å². The number of pyridine rings is 1. The fraction of sp³-hybridized carbons (Fsp3) is 0.0769. The molecule has 0 aliphatic rings. The van der Waals surface area contributed by atoms with Crippen molar-refractivity contribution in [3.63, 3.8) is 0 Å². The van der Waals surface area contributed by atoms with E-state index in [1.54, 1.807) is 24.3 Å². The highest BCUT2D eigenvalue weighted by molar-refractivity contribution is 6.33. The van der Waals surface area contributed by atoms with Crippen LogP contribution in [0, 0.1) is 0 Å². The minimum Gasteiger partial charge on any atom is -0.294 e. The van der Waals surface area contributed by atoms with Crippen LogP contribution >= 0.6 is 34.8 Å². The summed E-state index contributed by atoms with van der Waals surface area (Å²) in [6, 6.07) is 8.19. The number of halogens is 3. The molecule has 0 fully saturated rings. The van der Waals surface area contributed by atoms with E-state index in [4.69, 9.17) is 34.8 Å². The van der Waals surface area contributed by atoms with E-state index in [9.17, 15) is 4.79 Å². The summed E-state index contributed by atoms with van der Waals surface area (Å²) in [5.41, 5.74) is 1.20. The first-order valence-electron chi connectivity index (χ1n) is 5.15.